The molecule has 3 saturated heterocycles. The molecule has 0 aromatic heterocycles. The summed E-state index contributed by atoms with van der Waals surface area (Å²) in [7, 11) is 1.53. The standard InChI is InChI=1S/C32H29ClFN3O5/c1-31(2,3)37-27(38)24-25(28(37)39)32(17-18-8-12-20(33)13-9-18)29(40)35(22-7-5-6-21(34)16-22)30(41)36(32)26(24)19-10-14-23(42-4)15-11-19/h5-16,24-26H,17H2,1-4H3/t24-,25-,26-,32-/m1/s1. The van der Waals surface area contributed by atoms with E-state index in [1.165, 1.54) is 35.1 Å². The number of carbonyl (C=O) groups is 4. The number of amides is 5. The minimum Gasteiger partial charge on any atom is -0.497 e. The second-order valence-electron chi connectivity index (χ2n) is 11.9. The van der Waals surface area contributed by atoms with E-state index in [9.17, 15) is 23.6 Å². The van der Waals surface area contributed by atoms with Crippen LogP contribution in [0.25, 0.3) is 0 Å². The van der Waals surface area contributed by atoms with Crippen molar-refractivity contribution in [1.29, 1.82) is 0 Å². The van der Waals surface area contributed by atoms with Gasteiger partial charge in [-0.25, -0.2) is 14.1 Å². The summed E-state index contributed by atoms with van der Waals surface area (Å²) in [5, 5.41) is 0.481. The van der Waals surface area contributed by atoms with Gasteiger partial charge in [-0.2, -0.15) is 0 Å². The van der Waals surface area contributed by atoms with Gasteiger partial charge in [-0.1, -0.05) is 41.9 Å². The number of hydrogen-bond acceptors (Lipinski definition) is 5. The monoisotopic (exact) mass is 589 g/mol. The summed E-state index contributed by atoms with van der Waals surface area (Å²) in [4.78, 5) is 61.2. The number of methoxy groups -OCH3 is 1. The molecule has 10 heteroatoms. The Labute approximate surface area is 247 Å². The number of urea groups is 1. The number of likely N-dealkylation sites (tertiary alicyclic amines) is 1. The molecule has 3 heterocycles. The predicted octanol–water partition coefficient (Wildman–Crippen LogP) is 5.39. The van der Waals surface area contributed by atoms with Crippen LogP contribution in [-0.4, -0.2) is 51.7 Å². The van der Waals surface area contributed by atoms with E-state index >= 15 is 0 Å². The zero-order valence-corrected chi connectivity index (χ0v) is 24.3. The number of halogens is 2. The van der Waals surface area contributed by atoms with E-state index in [1.54, 1.807) is 69.3 Å². The average Bonchev–Trinajstić information content (AvgIpc) is 3.47. The van der Waals surface area contributed by atoms with E-state index in [2.05, 4.69) is 0 Å². The fourth-order valence-corrected chi connectivity index (χ4v) is 6.96. The second kappa shape index (κ2) is 9.66. The summed E-state index contributed by atoms with van der Waals surface area (Å²) in [6, 6.07) is 17.2. The number of benzene rings is 3. The minimum absolute atomic E-state index is 0.0457. The van der Waals surface area contributed by atoms with Gasteiger partial charge < -0.3 is 9.64 Å². The third-order valence-corrected chi connectivity index (χ3v) is 8.72. The third-order valence-electron chi connectivity index (χ3n) is 8.47. The van der Waals surface area contributed by atoms with Crippen molar-refractivity contribution in [2.75, 3.05) is 12.0 Å². The van der Waals surface area contributed by atoms with Gasteiger partial charge in [0.2, 0.25) is 11.8 Å². The minimum atomic E-state index is -1.76. The Morgan fingerprint density at radius 3 is 2.19 bits per heavy atom. The molecular formula is C32H29ClFN3O5. The van der Waals surface area contributed by atoms with Crippen LogP contribution in [0.15, 0.2) is 72.8 Å². The molecule has 6 rings (SSSR count). The molecule has 0 radical (unpaired) electrons. The van der Waals surface area contributed by atoms with Gasteiger partial charge in [-0.3, -0.25) is 19.3 Å². The average molecular weight is 590 g/mol. The SMILES string of the molecule is COc1ccc([C@@H]2[C@@H]3C(=O)N(C(C)(C)C)C(=O)[C@@H]3[C@]3(Cc4ccc(Cl)cc4)C(=O)N(c4cccc(F)c4)C(=O)N23)cc1. The summed E-state index contributed by atoms with van der Waals surface area (Å²) < 4.78 is 19.7. The third kappa shape index (κ3) is 3.94. The fraction of sp³-hybridized carbons (Fsp3) is 0.312. The summed E-state index contributed by atoms with van der Waals surface area (Å²) in [5.74, 6) is -3.90. The van der Waals surface area contributed by atoms with E-state index < -0.39 is 58.5 Å². The van der Waals surface area contributed by atoms with Crippen molar-refractivity contribution in [3.63, 3.8) is 0 Å². The van der Waals surface area contributed by atoms with Gasteiger partial charge in [0.1, 0.15) is 17.1 Å². The van der Waals surface area contributed by atoms with E-state index in [4.69, 9.17) is 16.3 Å². The molecule has 3 aliphatic heterocycles. The molecule has 42 heavy (non-hydrogen) atoms. The molecule has 216 valence electrons. The largest absolute Gasteiger partial charge is 0.497 e. The molecule has 0 saturated carbocycles. The van der Waals surface area contributed by atoms with Crippen LogP contribution in [0.5, 0.6) is 5.75 Å². The fourth-order valence-electron chi connectivity index (χ4n) is 6.83. The molecule has 0 N–H and O–H groups in total. The summed E-state index contributed by atoms with van der Waals surface area (Å²) in [6.45, 7) is 5.28. The van der Waals surface area contributed by atoms with Gasteiger partial charge in [-0.15, -0.1) is 0 Å². The zero-order chi connectivity index (χ0) is 30.1. The summed E-state index contributed by atoms with van der Waals surface area (Å²) in [5.41, 5.74) is -1.37. The Hall–Kier alpha value is -4.24. The van der Waals surface area contributed by atoms with Crippen molar-refractivity contribution >= 4 is 41.0 Å². The number of rotatable bonds is 5. The van der Waals surface area contributed by atoms with Gasteiger partial charge in [0.05, 0.1) is 30.7 Å². The van der Waals surface area contributed by atoms with Gasteiger partial charge in [0.25, 0.3) is 5.91 Å². The van der Waals surface area contributed by atoms with Crippen molar-refractivity contribution in [2.45, 2.75) is 44.3 Å². The number of fused-ring (bicyclic) bond motifs is 3. The van der Waals surface area contributed by atoms with Crippen LogP contribution in [0.2, 0.25) is 5.02 Å². The van der Waals surface area contributed by atoms with E-state index in [0.717, 1.165) is 11.0 Å². The number of ether oxygens (including phenoxy) is 1. The van der Waals surface area contributed by atoms with Gasteiger partial charge in [-0.05, 0) is 74.4 Å². The van der Waals surface area contributed by atoms with Gasteiger partial charge in [0.15, 0.2) is 0 Å². The maximum Gasteiger partial charge on any atom is 0.332 e. The topological polar surface area (TPSA) is 87.2 Å². The Morgan fingerprint density at radius 2 is 1.60 bits per heavy atom. The highest BCUT2D eigenvalue weighted by molar-refractivity contribution is 6.30. The first-order valence-electron chi connectivity index (χ1n) is 13.6. The maximum atomic E-state index is 14.7. The van der Waals surface area contributed by atoms with Crippen LogP contribution in [0.4, 0.5) is 14.9 Å². The van der Waals surface area contributed by atoms with Gasteiger partial charge >= 0.3 is 6.03 Å². The molecule has 3 aromatic rings. The highest BCUT2D eigenvalue weighted by atomic mass is 35.5. The van der Waals surface area contributed by atoms with E-state index in [0.29, 0.717) is 21.9 Å². The normalized spacial score (nSPS) is 25.4. The van der Waals surface area contributed by atoms with Crippen molar-refractivity contribution in [3.05, 3.63) is 94.8 Å². The molecule has 8 nitrogen and oxygen atoms in total. The van der Waals surface area contributed by atoms with E-state index in [-0.39, 0.29) is 12.1 Å². The Balaban J connectivity index is 1.62. The number of carbonyl (C=O) groups excluding carboxylic acids is 4. The Kier molecular flexibility index (Phi) is 6.42. The molecule has 0 aliphatic carbocycles. The molecule has 3 aromatic carbocycles. The lowest BCUT2D eigenvalue weighted by atomic mass is 9.75. The molecule has 0 spiro atoms. The predicted molar refractivity (Wildman–Crippen MR) is 153 cm³/mol. The Morgan fingerprint density at radius 1 is 0.929 bits per heavy atom. The lowest BCUT2D eigenvalue weighted by molar-refractivity contribution is -0.149. The maximum absolute atomic E-state index is 14.7. The van der Waals surface area contributed by atoms with Crippen molar-refractivity contribution in [1.82, 2.24) is 9.80 Å². The number of nitrogens with zero attached hydrogens (tertiary/aromatic N) is 3. The molecule has 3 fully saturated rings. The first kappa shape index (κ1) is 27.9. The van der Waals surface area contributed by atoms with Crippen molar-refractivity contribution < 1.29 is 28.3 Å². The van der Waals surface area contributed by atoms with Crippen molar-refractivity contribution in [2.24, 2.45) is 11.8 Å². The lowest BCUT2D eigenvalue weighted by Crippen LogP contribution is -2.57. The number of imide groups is 2. The van der Waals surface area contributed by atoms with Crippen molar-refractivity contribution in [3.8, 4) is 5.75 Å². The molecule has 5 amide bonds. The van der Waals surface area contributed by atoms with Crippen LogP contribution in [-0.2, 0) is 20.8 Å². The number of anilines is 1. The zero-order valence-electron chi connectivity index (χ0n) is 23.5. The van der Waals surface area contributed by atoms with E-state index in [1.807, 2.05) is 0 Å². The molecule has 0 unspecified atom stereocenters. The molecule has 4 atom stereocenters. The summed E-state index contributed by atoms with van der Waals surface area (Å²) >= 11 is 6.15. The van der Waals surface area contributed by atoms with Crippen LogP contribution >= 0.6 is 11.6 Å². The summed E-state index contributed by atoms with van der Waals surface area (Å²) in [6.07, 6.45) is -0.0502. The molecule has 3 aliphatic rings. The van der Waals surface area contributed by atoms with Crippen LogP contribution in [0, 0.1) is 17.7 Å². The molecule has 0 bridgehead atoms. The highest BCUT2D eigenvalue weighted by Crippen LogP contribution is 2.60. The molecular weight excluding hydrogens is 561 g/mol. The smallest absolute Gasteiger partial charge is 0.332 e. The van der Waals surface area contributed by atoms with Crippen LogP contribution in [0.3, 0.4) is 0 Å². The first-order chi connectivity index (χ1) is 19.9. The van der Waals surface area contributed by atoms with Crippen LogP contribution in [0.1, 0.15) is 37.9 Å². The van der Waals surface area contributed by atoms with Gasteiger partial charge in [0, 0.05) is 17.0 Å². The lowest BCUT2D eigenvalue weighted by Gasteiger charge is -2.38. The first-order valence-corrected chi connectivity index (χ1v) is 14.0. The Bertz CT molecular complexity index is 1620. The van der Waals surface area contributed by atoms with Crippen LogP contribution < -0.4 is 9.64 Å². The quantitative estimate of drug-likeness (QED) is 0.294. The number of hydrogen-bond donors (Lipinski definition) is 0. The second-order valence-corrected chi connectivity index (χ2v) is 12.3. The highest BCUT2D eigenvalue weighted by Gasteiger charge is 2.77.